The molecule has 2 heterocycles. The third kappa shape index (κ3) is 3.54. The Labute approximate surface area is 145 Å². The number of allylic oxidation sites excluding steroid dienone is 1. The van der Waals surface area contributed by atoms with Crippen LogP contribution in [0.15, 0.2) is 23.8 Å². The summed E-state index contributed by atoms with van der Waals surface area (Å²) in [4.78, 5) is 7.16. The van der Waals surface area contributed by atoms with E-state index in [-0.39, 0.29) is 17.2 Å². The van der Waals surface area contributed by atoms with Crippen LogP contribution in [0.2, 0.25) is 0 Å². The standard InChI is InChI=1S/C18H18F2N4O/c1-22-14-10-24(11-14)18(25)23-6-4-12(5-7-23)16(9-21)15-3-2-13(19)8-17(15)20/h2-3,8,14,18,25H,4-7,10-11H2/t18-/m1/s1. The second-order valence-corrected chi connectivity index (χ2v) is 6.33. The van der Waals surface area contributed by atoms with Crippen molar-refractivity contribution in [1.29, 1.82) is 5.26 Å². The summed E-state index contributed by atoms with van der Waals surface area (Å²) in [7, 11) is 0. The van der Waals surface area contributed by atoms with Crippen molar-refractivity contribution in [3.8, 4) is 6.07 Å². The number of likely N-dealkylation sites (tertiary alicyclic amines) is 2. The molecule has 1 N–H and O–H groups in total. The summed E-state index contributed by atoms with van der Waals surface area (Å²) in [6.45, 7) is 9.17. The molecule has 25 heavy (non-hydrogen) atoms. The van der Waals surface area contributed by atoms with E-state index in [4.69, 9.17) is 6.57 Å². The number of nitrogens with zero attached hydrogens (tertiary/aromatic N) is 4. The Balaban J connectivity index is 1.69. The van der Waals surface area contributed by atoms with Crippen LogP contribution in [0.1, 0.15) is 18.4 Å². The maximum absolute atomic E-state index is 14.0. The summed E-state index contributed by atoms with van der Waals surface area (Å²) >= 11 is 0. The molecule has 0 amide bonds. The van der Waals surface area contributed by atoms with E-state index < -0.39 is 18.0 Å². The quantitative estimate of drug-likeness (QED) is 0.675. The molecule has 5 nitrogen and oxygen atoms in total. The third-order valence-corrected chi connectivity index (χ3v) is 4.79. The van der Waals surface area contributed by atoms with Gasteiger partial charge in [-0.15, -0.1) is 0 Å². The van der Waals surface area contributed by atoms with Crippen LogP contribution in [0.25, 0.3) is 10.4 Å². The summed E-state index contributed by atoms with van der Waals surface area (Å²) in [5.74, 6) is -1.41. The third-order valence-electron chi connectivity index (χ3n) is 4.79. The van der Waals surface area contributed by atoms with E-state index in [0.717, 1.165) is 17.7 Å². The smallest absolute Gasteiger partial charge is 0.248 e. The first-order valence-electron chi connectivity index (χ1n) is 8.13. The fraction of sp³-hybridized carbons (Fsp3) is 0.444. The molecule has 0 radical (unpaired) electrons. The zero-order valence-electron chi connectivity index (χ0n) is 13.6. The zero-order valence-corrected chi connectivity index (χ0v) is 13.6. The summed E-state index contributed by atoms with van der Waals surface area (Å²) in [6, 6.07) is 5.22. The highest BCUT2D eigenvalue weighted by Crippen LogP contribution is 2.29. The van der Waals surface area contributed by atoms with E-state index in [0.29, 0.717) is 39.0 Å². The van der Waals surface area contributed by atoms with E-state index in [9.17, 15) is 19.1 Å². The second-order valence-electron chi connectivity index (χ2n) is 6.33. The number of benzene rings is 1. The van der Waals surface area contributed by atoms with Crippen LogP contribution in [0, 0.1) is 29.5 Å². The molecule has 1 aromatic carbocycles. The van der Waals surface area contributed by atoms with Gasteiger partial charge in [0.15, 0.2) is 6.35 Å². The summed E-state index contributed by atoms with van der Waals surface area (Å²) in [6.07, 6.45) is 0.348. The molecule has 0 unspecified atom stereocenters. The minimum atomic E-state index is -0.739. The van der Waals surface area contributed by atoms with Gasteiger partial charge in [-0.3, -0.25) is 4.90 Å². The first-order valence-corrected chi connectivity index (χ1v) is 8.13. The van der Waals surface area contributed by atoms with Gasteiger partial charge in [-0.05, 0) is 30.5 Å². The van der Waals surface area contributed by atoms with Crippen molar-refractivity contribution in [1.82, 2.24) is 9.80 Å². The monoisotopic (exact) mass is 344 g/mol. The Kier molecular flexibility index (Phi) is 5.10. The van der Waals surface area contributed by atoms with Crippen LogP contribution >= 0.6 is 0 Å². The van der Waals surface area contributed by atoms with Gasteiger partial charge >= 0.3 is 0 Å². The molecule has 1 atom stereocenters. The lowest BCUT2D eigenvalue weighted by Crippen LogP contribution is -2.60. The van der Waals surface area contributed by atoms with Crippen molar-refractivity contribution in [3.63, 3.8) is 0 Å². The van der Waals surface area contributed by atoms with Crippen molar-refractivity contribution in [2.24, 2.45) is 0 Å². The topological polar surface area (TPSA) is 54.9 Å². The lowest BCUT2D eigenvalue weighted by Gasteiger charge is -2.42. The molecule has 2 fully saturated rings. The Hall–Kier alpha value is -2.32. The predicted molar refractivity (Wildman–Crippen MR) is 87.7 cm³/mol. The lowest BCUT2D eigenvalue weighted by atomic mass is 9.93. The highest BCUT2D eigenvalue weighted by atomic mass is 19.1. The zero-order chi connectivity index (χ0) is 18.0. The number of aliphatic hydroxyl groups is 1. The van der Waals surface area contributed by atoms with Crippen molar-refractivity contribution in [3.05, 3.63) is 52.4 Å². The van der Waals surface area contributed by atoms with E-state index in [1.165, 1.54) is 6.07 Å². The first-order chi connectivity index (χ1) is 12.0. The van der Waals surface area contributed by atoms with Crippen LogP contribution in [0.3, 0.4) is 0 Å². The number of halogens is 2. The van der Waals surface area contributed by atoms with Crippen molar-refractivity contribution in [2.75, 3.05) is 26.2 Å². The number of piperidine rings is 1. The van der Waals surface area contributed by atoms with Gasteiger partial charge in [-0.2, -0.15) is 5.26 Å². The fourth-order valence-corrected chi connectivity index (χ4v) is 3.29. The highest BCUT2D eigenvalue weighted by molar-refractivity contribution is 5.79. The van der Waals surface area contributed by atoms with Gasteiger partial charge in [0.05, 0.1) is 24.7 Å². The molecule has 1 aromatic rings. The van der Waals surface area contributed by atoms with Crippen LogP contribution in [0.5, 0.6) is 0 Å². The largest absolute Gasteiger partial charge is 0.365 e. The average molecular weight is 344 g/mol. The molecule has 7 heteroatoms. The van der Waals surface area contributed by atoms with Gasteiger partial charge in [-0.25, -0.2) is 20.3 Å². The molecule has 0 aliphatic carbocycles. The van der Waals surface area contributed by atoms with E-state index in [2.05, 4.69) is 4.85 Å². The minimum Gasteiger partial charge on any atom is -0.365 e. The van der Waals surface area contributed by atoms with Gasteiger partial charge < -0.3 is 9.95 Å². The lowest BCUT2D eigenvalue weighted by molar-refractivity contribution is -0.139. The molecular weight excluding hydrogens is 326 g/mol. The van der Waals surface area contributed by atoms with Crippen molar-refractivity contribution >= 4 is 5.57 Å². The Morgan fingerprint density at radius 3 is 2.52 bits per heavy atom. The summed E-state index contributed by atoms with van der Waals surface area (Å²) < 4.78 is 27.0. The fourth-order valence-electron chi connectivity index (χ4n) is 3.29. The highest BCUT2D eigenvalue weighted by Gasteiger charge is 2.38. The molecule has 0 saturated carbocycles. The van der Waals surface area contributed by atoms with Gasteiger partial charge in [-0.1, -0.05) is 0 Å². The van der Waals surface area contributed by atoms with Crippen LogP contribution in [-0.2, 0) is 0 Å². The molecule has 0 aromatic heterocycles. The molecule has 130 valence electrons. The van der Waals surface area contributed by atoms with E-state index in [1.807, 2.05) is 15.9 Å². The SMILES string of the molecule is [C-]#[N+]C1CN([C@H](O)N2CCC(=C(C#N)c3ccc(F)cc3F)CC2)C1. The molecule has 2 aliphatic rings. The molecule has 0 bridgehead atoms. The minimum absolute atomic E-state index is 0.0402. The second kappa shape index (κ2) is 7.28. The Morgan fingerprint density at radius 2 is 1.96 bits per heavy atom. The molecule has 3 rings (SSSR count). The van der Waals surface area contributed by atoms with E-state index >= 15 is 0 Å². The Bertz CT molecular complexity index is 764. The van der Waals surface area contributed by atoms with Crippen LogP contribution in [0.4, 0.5) is 8.78 Å². The maximum atomic E-state index is 14.0. The number of hydrogen-bond acceptors (Lipinski definition) is 4. The summed E-state index contributed by atoms with van der Waals surface area (Å²) in [5, 5.41) is 19.8. The van der Waals surface area contributed by atoms with Crippen molar-refractivity contribution < 1.29 is 13.9 Å². The average Bonchev–Trinajstić information content (AvgIpc) is 2.57. The summed E-state index contributed by atoms with van der Waals surface area (Å²) in [5.41, 5.74) is 1.19. The molecule has 2 aliphatic heterocycles. The van der Waals surface area contributed by atoms with E-state index in [1.54, 1.807) is 0 Å². The van der Waals surface area contributed by atoms with Gasteiger partial charge in [0, 0.05) is 24.7 Å². The number of nitriles is 1. The van der Waals surface area contributed by atoms with Crippen LogP contribution in [-0.4, -0.2) is 53.5 Å². The molecule has 0 spiro atoms. The predicted octanol–water partition coefficient (Wildman–Crippen LogP) is 2.22. The van der Waals surface area contributed by atoms with Crippen LogP contribution < -0.4 is 0 Å². The number of rotatable bonds is 3. The van der Waals surface area contributed by atoms with Gasteiger partial charge in [0.25, 0.3) is 0 Å². The number of hydrogen-bond donors (Lipinski definition) is 1. The normalized spacial score (nSPS) is 20.4. The van der Waals surface area contributed by atoms with Crippen molar-refractivity contribution in [2.45, 2.75) is 25.2 Å². The van der Waals surface area contributed by atoms with Gasteiger partial charge in [0.2, 0.25) is 6.04 Å². The Morgan fingerprint density at radius 1 is 1.28 bits per heavy atom. The van der Waals surface area contributed by atoms with Gasteiger partial charge in [0.1, 0.15) is 11.6 Å². The molecular formula is C18H18F2N4O. The first kappa shape index (κ1) is 17.5. The molecule has 2 saturated heterocycles. The maximum Gasteiger partial charge on any atom is 0.248 e. The number of aliphatic hydroxyl groups excluding tert-OH is 1.